The van der Waals surface area contributed by atoms with Crippen molar-refractivity contribution in [3.05, 3.63) is 35.9 Å². The van der Waals surface area contributed by atoms with Gasteiger partial charge in [-0.2, -0.15) is 0 Å². The van der Waals surface area contributed by atoms with Crippen molar-refractivity contribution in [2.24, 2.45) is 0 Å². The summed E-state index contributed by atoms with van der Waals surface area (Å²) in [6.45, 7) is 2.54. The lowest BCUT2D eigenvalue weighted by Gasteiger charge is -2.21. The Morgan fingerprint density at radius 3 is 2.50 bits per heavy atom. The lowest BCUT2D eigenvalue weighted by Crippen LogP contribution is -2.32. The molecule has 0 N–H and O–H groups in total. The molecule has 0 spiro atoms. The second kappa shape index (κ2) is 5.13. The highest BCUT2D eigenvalue weighted by molar-refractivity contribution is 6.64. The summed E-state index contributed by atoms with van der Waals surface area (Å²) in [6, 6.07) is 9.76. The van der Waals surface area contributed by atoms with Gasteiger partial charge in [0.2, 0.25) is 5.24 Å². The molecule has 0 amide bonds. The van der Waals surface area contributed by atoms with Gasteiger partial charge in [0.25, 0.3) is 0 Å². The molecule has 0 saturated carbocycles. The lowest BCUT2D eigenvalue weighted by molar-refractivity contribution is -0.115. The van der Waals surface area contributed by atoms with Crippen LogP contribution in [0.4, 0.5) is 0 Å². The van der Waals surface area contributed by atoms with Gasteiger partial charge in [-0.25, -0.2) is 0 Å². The van der Waals surface area contributed by atoms with E-state index in [4.69, 9.17) is 11.6 Å². The quantitative estimate of drug-likeness (QED) is 0.713. The van der Waals surface area contributed by atoms with Gasteiger partial charge in [0, 0.05) is 6.54 Å². The molecule has 0 saturated heterocycles. The minimum Gasteiger partial charge on any atom is -0.292 e. The smallest absolute Gasteiger partial charge is 0.238 e. The van der Waals surface area contributed by atoms with Crippen LogP contribution in [0.5, 0.6) is 0 Å². The van der Waals surface area contributed by atoms with Crippen LogP contribution < -0.4 is 0 Å². The van der Waals surface area contributed by atoms with Gasteiger partial charge in [-0.15, -0.1) is 0 Å². The fourth-order valence-electron chi connectivity index (χ4n) is 1.18. The van der Waals surface area contributed by atoms with Crippen LogP contribution in [0.25, 0.3) is 0 Å². The van der Waals surface area contributed by atoms with Gasteiger partial charge < -0.3 is 0 Å². The minimum absolute atomic E-state index is 0.239. The van der Waals surface area contributed by atoms with Crippen molar-refractivity contribution >= 4 is 16.8 Å². The van der Waals surface area contributed by atoms with Crippen LogP contribution >= 0.6 is 11.6 Å². The summed E-state index contributed by atoms with van der Waals surface area (Å²) in [5.41, 5.74) is 1.18. The fraction of sp³-hybridized carbons (Fsp3) is 0.364. The van der Waals surface area contributed by atoms with Gasteiger partial charge in [-0.05, 0) is 31.1 Å². The number of halogens is 1. The lowest BCUT2D eigenvalue weighted by atomic mass is 10.2. The Balaban J connectivity index is 2.57. The molecule has 0 radical (unpaired) electrons. The van der Waals surface area contributed by atoms with E-state index in [-0.39, 0.29) is 11.3 Å². The molecule has 1 aromatic carbocycles. The van der Waals surface area contributed by atoms with E-state index in [0.717, 1.165) is 6.54 Å². The SMILES string of the molecule is CC(C(=O)Cl)N(C)Cc1ccccc1. The van der Waals surface area contributed by atoms with Crippen molar-refractivity contribution in [1.29, 1.82) is 0 Å². The molecule has 0 aliphatic heterocycles. The zero-order valence-electron chi connectivity index (χ0n) is 8.40. The van der Waals surface area contributed by atoms with E-state index in [9.17, 15) is 4.79 Å². The molecule has 0 bridgehead atoms. The van der Waals surface area contributed by atoms with E-state index in [1.165, 1.54) is 5.56 Å². The summed E-state index contributed by atoms with van der Waals surface area (Å²) >= 11 is 5.41. The number of hydrogen-bond acceptors (Lipinski definition) is 2. The van der Waals surface area contributed by atoms with Crippen molar-refractivity contribution in [3.63, 3.8) is 0 Å². The molecule has 76 valence electrons. The second-order valence-electron chi connectivity index (χ2n) is 3.38. The Hall–Kier alpha value is -0.860. The van der Waals surface area contributed by atoms with Gasteiger partial charge in [0.15, 0.2) is 0 Å². The van der Waals surface area contributed by atoms with Crippen LogP contribution in [0.1, 0.15) is 12.5 Å². The Morgan fingerprint density at radius 1 is 1.43 bits per heavy atom. The molecule has 3 heteroatoms. The van der Waals surface area contributed by atoms with Crippen molar-refractivity contribution < 1.29 is 4.79 Å². The largest absolute Gasteiger partial charge is 0.292 e. The van der Waals surface area contributed by atoms with Gasteiger partial charge >= 0.3 is 0 Å². The summed E-state index contributed by atoms with van der Waals surface area (Å²) in [7, 11) is 1.89. The molecule has 0 aliphatic carbocycles. The highest BCUT2D eigenvalue weighted by Crippen LogP contribution is 2.07. The molecule has 2 nitrogen and oxygen atoms in total. The van der Waals surface area contributed by atoms with Crippen LogP contribution in [0.2, 0.25) is 0 Å². The van der Waals surface area contributed by atoms with Crippen LogP contribution in [-0.2, 0) is 11.3 Å². The van der Waals surface area contributed by atoms with Crippen molar-refractivity contribution in [1.82, 2.24) is 4.90 Å². The molecule has 14 heavy (non-hydrogen) atoms. The summed E-state index contributed by atoms with van der Waals surface area (Å²) in [4.78, 5) is 12.8. The fourth-order valence-corrected chi connectivity index (χ4v) is 1.35. The average Bonchev–Trinajstić information content (AvgIpc) is 2.18. The number of nitrogens with zero attached hydrogens (tertiary/aromatic N) is 1. The number of rotatable bonds is 4. The summed E-state index contributed by atoms with van der Waals surface area (Å²) in [6.07, 6.45) is 0. The first-order valence-corrected chi connectivity index (χ1v) is 4.92. The Morgan fingerprint density at radius 2 is 2.00 bits per heavy atom. The predicted octanol–water partition coefficient (Wildman–Crippen LogP) is 2.27. The first-order chi connectivity index (χ1) is 6.61. The number of benzene rings is 1. The zero-order valence-corrected chi connectivity index (χ0v) is 9.16. The monoisotopic (exact) mass is 211 g/mol. The third-order valence-corrected chi connectivity index (χ3v) is 2.58. The summed E-state index contributed by atoms with van der Waals surface area (Å²) in [5, 5.41) is -0.316. The number of likely N-dealkylation sites (N-methyl/N-ethyl adjacent to an activating group) is 1. The second-order valence-corrected chi connectivity index (χ2v) is 3.75. The van der Waals surface area contributed by atoms with E-state index in [2.05, 4.69) is 0 Å². The Labute approximate surface area is 89.5 Å². The van der Waals surface area contributed by atoms with Crippen LogP contribution in [0, 0.1) is 0 Å². The normalized spacial score (nSPS) is 12.9. The maximum Gasteiger partial charge on any atom is 0.238 e. The molecule has 1 rings (SSSR count). The molecule has 0 aliphatic rings. The molecule has 1 atom stereocenters. The Bertz CT molecular complexity index is 299. The van der Waals surface area contributed by atoms with Gasteiger partial charge in [-0.3, -0.25) is 9.69 Å². The molecule has 1 unspecified atom stereocenters. The topological polar surface area (TPSA) is 20.3 Å². The summed E-state index contributed by atoms with van der Waals surface area (Å²) < 4.78 is 0. The van der Waals surface area contributed by atoms with Crippen LogP contribution in [0.3, 0.4) is 0 Å². The maximum absolute atomic E-state index is 10.9. The molecule has 0 fully saturated rings. The van der Waals surface area contributed by atoms with E-state index in [0.29, 0.717) is 0 Å². The Kier molecular flexibility index (Phi) is 4.11. The highest BCUT2D eigenvalue weighted by Gasteiger charge is 2.15. The maximum atomic E-state index is 10.9. The van der Waals surface area contributed by atoms with Crippen molar-refractivity contribution in [2.45, 2.75) is 19.5 Å². The van der Waals surface area contributed by atoms with Crippen LogP contribution in [0.15, 0.2) is 30.3 Å². The minimum atomic E-state index is -0.316. The van der Waals surface area contributed by atoms with E-state index in [1.54, 1.807) is 6.92 Å². The molecule has 1 aromatic rings. The van der Waals surface area contributed by atoms with E-state index in [1.807, 2.05) is 42.3 Å². The van der Waals surface area contributed by atoms with E-state index < -0.39 is 0 Å². The van der Waals surface area contributed by atoms with Gasteiger partial charge in [0.1, 0.15) is 0 Å². The highest BCUT2D eigenvalue weighted by atomic mass is 35.5. The third kappa shape index (κ3) is 3.13. The van der Waals surface area contributed by atoms with Crippen molar-refractivity contribution in [2.75, 3.05) is 7.05 Å². The van der Waals surface area contributed by atoms with E-state index >= 15 is 0 Å². The molecule has 0 aromatic heterocycles. The molecular weight excluding hydrogens is 198 g/mol. The van der Waals surface area contributed by atoms with Crippen molar-refractivity contribution in [3.8, 4) is 0 Å². The van der Waals surface area contributed by atoms with Gasteiger partial charge in [0.05, 0.1) is 6.04 Å². The molecule has 0 heterocycles. The number of carbonyl (C=O) groups is 1. The standard InChI is InChI=1S/C11H14ClNO/c1-9(11(12)14)13(2)8-10-6-4-3-5-7-10/h3-7,9H,8H2,1-2H3. The first-order valence-electron chi connectivity index (χ1n) is 4.55. The number of hydrogen-bond donors (Lipinski definition) is 0. The van der Waals surface area contributed by atoms with Gasteiger partial charge in [-0.1, -0.05) is 30.3 Å². The molecular formula is C11H14ClNO. The first kappa shape index (κ1) is 11.2. The van der Waals surface area contributed by atoms with Crippen LogP contribution in [-0.4, -0.2) is 23.2 Å². The summed E-state index contributed by atoms with van der Waals surface area (Å²) in [5.74, 6) is 0. The predicted molar refractivity (Wildman–Crippen MR) is 58.2 cm³/mol. The average molecular weight is 212 g/mol. The number of carbonyl (C=O) groups excluding carboxylic acids is 1. The zero-order chi connectivity index (χ0) is 10.6. The third-order valence-electron chi connectivity index (χ3n) is 2.26.